The Morgan fingerprint density at radius 2 is 1.27 bits per heavy atom. The molecule has 0 radical (unpaired) electrons. The maximum absolute atomic E-state index is 8.80. The van der Waals surface area contributed by atoms with Crippen LogP contribution in [-0.2, 0) is 0 Å². The van der Waals surface area contributed by atoms with Crippen LogP contribution in [0.3, 0.4) is 0 Å². The Morgan fingerprint density at radius 1 is 0.733 bits per heavy atom. The summed E-state index contributed by atoms with van der Waals surface area (Å²) in [6, 6.07) is 0. The van der Waals surface area contributed by atoms with Crippen molar-refractivity contribution >= 4 is 0 Å². The van der Waals surface area contributed by atoms with Gasteiger partial charge in [-0.25, -0.2) is 0 Å². The van der Waals surface area contributed by atoms with E-state index in [9.17, 15) is 0 Å². The van der Waals surface area contributed by atoms with E-state index in [0.717, 1.165) is 31.6 Å². The maximum atomic E-state index is 8.80. The zero-order valence-corrected chi connectivity index (χ0v) is 10.2. The van der Waals surface area contributed by atoms with Crippen LogP contribution in [0, 0.1) is 5.92 Å². The molecule has 15 heavy (non-hydrogen) atoms. The van der Waals surface area contributed by atoms with Crippen LogP contribution in [0.2, 0.25) is 0 Å². The SMILES string of the molecule is CCCCCCC(CCCO)CCCO. The van der Waals surface area contributed by atoms with Crippen LogP contribution in [0.5, 0.6) is 0 Å². The van der Waals surface area contributed by atoms with Crippen molar-refractivity contribution in [2.75, 3.05) is 13.2 Å². The van der Waals surface area contributed by atoms with Crippen LogP contribution >= 0.6 is 0 Å². The fourth-order valence-corrected chi connectivity index (χ4v) is 2.05. The highest BCUT2D eigenvalue weighted by Gasteiger charge is 2.07. The number of hydrogen-bond donors (Lipinski definition) is 2. The van der Waals surface area contributed by atoms with Gasteiger partial charge in [-0.15, -0.1) is 0 Å². The summed E-state index contributed by atoms with van der Waals surface area (Å²) < 4.78 is 0. The highest BCUT2D eigenvalue weighted by Crippen LogP contribution is 2.20. The predicted octanol–water partition coefficient (Wildman–Crippen LogP) is 3.12. The van der Waals surface area contributed by atoms with Gasteiger partial charge in [-0.05, 0) is 31.6 Å². The first-order valence-electron chi connectivity index (χ1n) is 6.56. The molecule has 2 heteroatoms. The summed E-state index contributed by atoms with van der Waals surface area (Å²) in [5, 5.41) is 17.6. The molecular weight excluding hydrogens is 188 g/mol. The molecule has 0 aliphatic rings. The van der Waals surface area contributed by atoms with Gasteiger partial charge in [0.25, 0.3) is 0 Å². The zero-order chi connectivity index (χ0) is 11.4. The van der Waals surface area contributed by atoms with E-state index >= 15 is 0 Å². The molecule has 2 nitrogen and oxygen atoms in total. The molecule has 92 valence electrons. The van der Waals surface area contributed by atoms with E-state index in [1.165, 1.54) is 32.1 Å². The van der Waals surface area contributed by atoms with Gasteiger partial charge in [-0.3, -0.25) is 0 Å². The maximum Gasteiger partial charge on any atom is 0.0431 e. The first-order chi connectivity index (χ1) is 7.35. The molecule has 0 fully saturated rings. The van der Waals surface area contributed by atoms with Crippen LogP contribution in [0.25, 0.3) is 0 Å². The molecule has 0 spiro atoms. The molecule has 0 aliphatic carbocycles. The average Bonchev–Trinajstić information content (AvgIpc) is 2.27. The molecule has 0 unspecified atom stereocenters. The third-order valence-corrected chi connectivity index (χ3v) is 3.01. The van der Waals surface area contributed by atoms with Crippen molar-refractivity contribution in [2.45, 2.75) is 64.7 Å². The van der Waals surface area contributed by atoms with Crippen molar-refractivity contribution in [1.29, 1.82) is 0 Å². The second kappa shape index (κ2) is 12.0. The minimum absolute atomic E-state index is 0.310. The number of aliphatic hydroxyl groups is 2. The molecule has 0 aromatic rings. The van der Waals surface area contributed by atoms with Crippen molar-refractivity contribution in [3.63, 3.8) is 0 Å². The van der Waals surface area contributed by atoms with Gasteiger partial charge in [0.2, 0.25) is 0 Å². The molecule has 0 aliphatic heterocycles. The minimum atomic E-state index is 0.310. The van der Waals surface area contributed by atoms with E-state index in [1.807, 2.05) is 0 Å². The summed E-state index contributed by atoms with van der Waals surface area (Å²) in [6.45, 7) is 2.85. The van der Waals surface area contributed by atoms with Gasteiger partial charge in [-0.1, -0.05) is 39.0 Å². The molecule has 2 N–H and O–H groups in total. The second-order valence-electron chi connectivity index (χ2n) is 4.45. The fourth-order valence-electron chi connectivity index (χ4n) is 2.05. The topological polar surface area (TPSA) is 40.5 Å². The summed E-state index contributed by atoms with van der Waals surface area (Å²) in [4.78, 5) is 0. The third-order valence-electron chi connectivity index (χ3n) is 3.01. The molecule has 0 bridgehead atoms. The Labute approximate surface area is 94.7 Å². The molecule has 0 saturated heterocycles. The van der Waals surface area contributed by atoms with Crippen LogP contribution in [0.1, 0.15) is 64.7 Å². The Bertz CT molecular complexity index is 107. The van der Waals surface area contributed by atoms with Gasteiger partial charge in [0, 0.05) is 13.2 Å². The molecule has 0 atom stereocenters. The van der Waals surface area contributed by atoms with Gasteiger partial charge in [0.05, 0.1) is 0 Å². The number of rotatable bonds is 11. The van der Waals surface area contributed by atoms with E-state index in [0.29, 0.717) is 13.2 Å². The normalized spacial score (nSPS) is 11.2. The smallest absolute Gasteiger partial charge is 0.0431 e. The quantitative estimate of drug-likeness (QED) is 0.521. The van der Waals surface area contributed by atoms with Crippen LogP contribution in [0.15, 0.2) is 0 Å². The third kappa shape index (κ3) is 10.2. The van der Waals surface area contributed by atoms with Gasteiger partial charge in [0.1, 0.15) is 0 Å². The molecule has 0 aromatic carbocycles. The lowest BCUT2D eigenvalue weighted by molar-refractivity contribution is 0.243. The van der Waals surface area contributed by atoms with Gasteiger partial charge in [-0.2, -0.15) is 0 Å². The summed E-state index contributed by atoms with van der Waals surface area (Å²) in [7, 11) is 0. The molecular formula is C13H28O2. The van der Waals surface area contributed by atoms with Gasteiger partial charge in [0.15, 0.2) is 0 Å². The first-order valence-corrected chi connectivity index (χ1v) is 6.56. The van der Waals surface area contributed by atoms with E-state index in [-0.39, 0.29) is 0 Å². The minimum Gasteiger partial charge on any atom is -0.396 e. The Morgan fingerprint density at radius 3 is 1.73 bits per heavy atom. The standard InChI is InChI=1S/C13H28O2/c1-2-3-4-5-8-13(9-6-11-14)10-7-12-15/h13-15H,2-12H2,1H3. The highest BCUT2D eigenvalue weighted by molar-refractivity contribution is 4.60. The van der Waals surface area contributed by atoms with Crippen molar-refractivity contribution in [2.24, 2.45) is 5.92 Å². The highest BCUT2D eigenvalue weighted by atomic mass is 16.3. The van der Waals surface area contributed by atoms with Crippen molar-refractivity contribution < 1.29 is 10.2 Å². The lowest BCUT2D eigenvalue weighted by Crippen LogP contribution is -2.03. The first kappa shape index (κ1) is 14.9. The van der Waals surface area contributed by atoms with Crippen LogP contribution in [0.4, 0.5) is 0 Å². The summed E-state index contributed by atoms with van der Waals surface area (Å²) in [6.07, 6.45) is 10.7. The fraction of sp³-hybridized carbons (Fsp3) is 1.00. The van der Waals surface area contributed by atoms with E-state index < -0.39 is 0 Å². The Kier molecular flexibility index (Phi) is 11.9. The number of aliphatic hydroxyl groups excluding tert-OH is 2. The van der Waals surface area contributed by atoms with E-state index in [2.05, 4.69) is 6.92 Å². The summed E-state index contributed by atoms with van der Waals surface area (Å²) in [5.41, 5.74) is 0. The largest absolute Gasteiger partial charge is 0.396 e. The predicted molar refractivity (Wildman–Crippen MR) is 64.9 cm³/mol. The van der Waals surface area contributed by atoms with Gasteiger partial charge >= 0.3 is 0 Å². The Hall–Kier alpha value is -0.0800. The zero-order valence-electron chi connectivity index (χ0n) is 10.2. The molecule has 0 saturated carbocycles. The van der Waals surface area contributed by atoms with Gasteiger partial charge < -0.3 is 10.2 Å². The summed E-state index contributed by atoms with van der Waals surface area (Å²) >= 11 is 0. The monoisotopic (exact) mass is 216 g/mol. The molecule has 0 rings (SSSR count). The molecule has 0 heterocycles. The van der Waals surface area contributed by atoms with Crippen molar-refractivity contribution in [3.05, 3.63) is 0 Å². The molecule has 0 amide bonds. The lowest BCUT2D eigenvalue weighted by atomic mass is 9.92. The van der Waals surface area contributed by atoms with Crippen molar-refractivity contribution in [3.8, 4) is 0 Å². The van der Waals surface area contributed by atoms with Crippen LogP contribution < -0.4 is 0 Å². The second-order valence-corrected chi connectivity index (χ2v) is 4.45. The summed E-state index contributed by atoms with van der Waals surface area (Å²) in [5.74, 6) is 0.723. The lowest BCUT2D eigenvalue weighted by Gasteiger charge is -2.15. The van der Waals surface area contributed by atoms with Crippen molar-refractivity contribution in [1.82, 2.24) is 0 Å². The number of unbranched alkanes of at least 4 members (excludes halogenated alkanes) is 3. The van der Waals surface area contributed by atoms with E-state index in [1.54, 1.807) is 0 Å². The molecule has 0 aromatic heterocycles. The van der Waals surface area contributed by atoms with E-state index in [4.69, 9.17) is 10.2 Å². The number of hydrogen-bond acceptors (Lipinski definition) is 2. The average molecular weight is 216 g/mol. The Balaban J connectivity index is 3.49. The van der Waals surface area contributed by atoms with Crippen LogP contribution in [-0.4, -0.2) is 23.4 Å².